The summed E-state index contributed by atoms with van der Waals surface area (Å²) in [5, 5.41) is 1.71. The van der Waals surface area contributed by atoms with Gasteiger partial charge < -0.3 is 9.47 Å². The third-order valence-electron chi connectivity index (χ3n) is 3.23. The van der Waals surface area contributed by atoms with E-state index < -0.39 is 11.9 Å². The lowest BCUT2D eigenvalue weighted by atomic mass is 10.3. The molecule has 0 saturated carbocycles. The Kier molecular flexibility index (Phi) is 5.95. The minimum atomic E-state index is -0.733. The van der Waals surface area contributed by atoms with Crippen molar-refractivity contribution < 1.29 is 19.1 Å². The van der Waals surface area contributed by atoms with Gasteiger partial charge in [-0.2, -0.15) is 0 Å². The van der Waals surface area contributed by atoms with Gasteiger partial charge in [-0.25, -0.2) is 14.6 Å². The molecule has 2 rings (SSSR count). The normalized spacial score (nSPS) is 16.5. The zero-order valence-corrected chi connectivity index (χ0v) is 14.0. The fourth-order valence-corrected chi connectivity index (χ4v) is 2.24. The Balaban J connectivity index is 2.22. The molecular weight excluding hydrogens is 310 g/mol. The van der Waals surface area contributed by atoms with Crippen LogP contribution in [0.15, 0.2) is 52.3 Å². The number of amidine groups is 1. The van der Waals surface area contributed by atoms with Gasteiger partial charge in [0, 0.05) is 18.3 Å². The molecule has 1 N–H and O–H groups in total. The van der Waals surface area contributed by atoms with Gasteiger partial charge in [-0.3, -0.25) is 10.4 Å². The van der Waals surface area contributed by atoms with E-state index in [1.807, 2.05) is 31.2 Å². The van der Waals surface area contributed by atoms with Gasteiger partial charge in [0.25, 0.3) is 0 Å². The van der Waals surface area contributed by atoms with Crippen LogP contribution in [-0.4, -0.2) is 42.5 Å². The molecule has 1 aliphatic carbocycles. The average molecular weight is 331 g/mol. The van der Waals surface area contributed by atoms with Crippen LogP contribution in [0, 0.1) is 0 Å². The zero-order valence-electron chi connectivity index (χ0n) is 14.0. The van der Waals surface area contributed by atoms with Crippen LogP contribution in [0.2, 0.25) is 0 Å². The predicted octanol–water partition coefficient (Wildman–Crippen LogP) is 1.62. The Labute approximate surface area is 141 Å². The monoisotopic (exact) mass is 331 g/mol. The van der Waals surface area contributed by atoms with Crippen LogP contribution in [-0.2, 0) is 19.1 Å². The summed E-state index contributed by atoms with van der Waals surface area (Å²) < 4.78 is 9.82. The van der Waals surface area contributed by atoms with E-state index in [2.05, 4.69) is 10.4 Å². The maximum Gasteiger partial charge on any atom is 0.347 e. The van der Waals surface area contributed by atoms with Gasteiger partial charge >= 0.3 is 11.9 Å². The molecule has 1 heterocycles. The van der Waals surface area contributed by atoms with E-state index in [1.54, 1.807) is 18.9 Å². The van der Waals surface area contributed by atoms with Crippen molar-refractivity contribution in [2.24, 2.45) is 4.99 Å². The summed E-state index contributed by atoms with van der Waals surface area (Å²) in [6.45, 7) is 6.23. The summed E-state index contributed by atoms with van der Waals surface area (Å²) in [7, 11) is 0. The van der Waals surface area contributed by atoms with Crippen molar-refractivity contribution in [3.05, 3.63) is 47.3 Å². The molecule has 7 heteroatoms. The molecule has 128 valence electrons. The quantitative estimate of drug-likeness (QED) is 0.330. The molecule has 0 atom stereocenters. The van der Waals surface area contributed by atoms with Crippen molar-refractivity contribution in [2.45, 2.75) is 20.8 Å². The van der Waals surface area contributed by atoms with Crippen molar-refractivity contribution in [1.29, 1.82) is 0 Å². The second kappa shape index (κ2) is 8.14. The highest BCUT2D eigenvalue weighted by Crippen LogP contribution is 2.27. The summed E-state index contributed by atoms with van der Waals surface area (Å²) in [4.78, 5) is 28.4. The Morgan fingerprint density at radius 3 is 2.46 bits per heavy atom. The van der Waals surface area contributed by atoms with Gasteiger partial charge in [-0.15, -0.1) is 0 Å². The maximum absolute atomic E-state index is 12.0. The molecule has 0 aromatic carbocycles. The lowest BCUT2D eigenvalue weighted by Gasteiger charge is -2.21. The number of carbonyl (C=O) groups excluding carboxylic acids is 2. The van der Waals surface area contributed by atoms with E-state index >= 15 is 0 Å². The van der Waals surface area contributed by atoms with Crippen molar-refractivity contribution in [3.8, 4) is 0 Å². The highest BCUT2D eigenvalue weighted by Gasteiger charge is 2.27. The first-order valence-electron chi connectivity index (χ1n) is 7.87. The molecule has 0 saturated heterocycles. The van der Waals surface area contributed by atoms with E-state index in [4.69, 9.17) is 9.47 Å². The largest absolute Gasteiger partial charge is 0.462 e. The van der Waals surface area contributed by atoms with Gasteiger partial charge in [0.2, 0.25) is 0 Å². The van der Waals surface area contributed by atoms with Gasteiger partial charge in [0.15, 0.2) is 5.57 Å². The highest BCUT2D eigenvalue weighted by atomic mass is 16.6. The number of nitrogens with one attached hydrogen (secondary N) is 1. The fraction of sp³-hybridized carbons (Fsp3) is 0.353. The Hall–Kier alpha value is -2.83. The second-order valence-corrected chi connectivity index (χ2v) is 4.81. The second-order valence-electron chi connectivity index (χ2n) is 4.81. The van der Waals surface area contributed by atoms with Crippen molar-refractivity contribution in [3.63, 3.8) is 0 Å². The van der Waals surface area contributed by atoms with Crippen LogP contribution in [0.4, 0.5) is 0 Å². The molecule has 0 spiro atoms. The molecule has 2 aliphatic rings. The van der Waals surface area contributed by atoms with Gasteiger partial charge in [0.1, 0.15) is 5.84 Å². The zero-order chi connectivity index (χ0) is 17.5. The summed E-state index contributed by atoms with van der Waals surface area (Å²) in [5.74, 6) is -0.766. The summed E-state index contributed by atoms with van der Waals surface area (Å²) >= 11 is 0. The highest BCUT2D eigenvalue weighted by molar-refractivity contribution is 6.14. The molecule has 7 nitrogen and oxygen atoms in total. The Morgan fingerprint density at radius 1 is 1.21 bits per heavy atom. The number of nitrogens with zero attached hydrogens (tertiary/aromatic N) is 2. The number of aliphatic imine (C=N–C) groups is 1. The van der Waals surface area contributed by atoms with E-state index in [1.165, 1.54) is 6.20 Å². The number of hydrogen-bond donors (Lipinski definition) is 1. The molecule has 0 aromatic rings. The number of carbonyl (C=O) groups is 2. The van der Waals surface area contributed by atoms with Crippen LogP contribution in [0.3, 0.4) is 0 Å². The number of fused-ring (bicyclic) bond motifs is 1. The maximum atomic E-state index is 12.0. The topological polar surface area (TPSA) is 80.2 Å². The summed E-state index contributed by atoms with van der Waals surface area (Å²) in [6, 6.07) is 0. The predicted molar refractivity (Wildman–Crippen MR) is 89.6 cm³/mol. The molecule has 0 amide bonds. The standard InChI is InChI=1S/C17H21N3O4/c1-4-18-15-10-12-8-7-9-14(12)20(15)19-11-13(16(21)23-5-2)17(22)24-6-3/h7-11,19H,4-6H2,1-3H3. The van der Waals surface area contributed by atoms with Crippen LogP contribution in [0.5, 0.6) is 0 Å². The lowest BCUT2D eigenvalue weighted by Crippen LogP contribution is -2.36. The van der Waals surface area contributed by atoms with E-state index in [0.717, 1.165) is 11.3 Å². The minimum absolute atomic E-state index is 0.169. The smallest absolute Gasteiger partial charge is 0.347 e. The number of hydrazine groups is 1. The number of hydrogen-bond acceptors (Lipinski definition) is 6. The van der Waals surface area contributed by atoms with Crippen molar-refractivity contribution >= 4 is 17.8 Å². The summed E-state index contributed by atoms with van der Waals surface area (Å²) in [6.07, 6.45) is 9.01. The molecule has 0 fully saturated rings. The molecule has 0 bridgehead atoms. The number of rotatable bonds is 7. The molecule has 0 aromatic heterocycles. The van der Waals surface area contributed by atoms with E-state index in [9.17, 15) is 9.59 Å². The SMILES string of the molecule is CCN=C1C=C2C=CC=C2N1NC=C(C(=O)OCC)C(=O)OCC. The first kappa shape index (κ1) is 17.5. The number of allylic oxidation sites excluding steroid dienone is 3. The number of ether oxygens (including phenoxy) is 2. The van der Waals surface area contributed by atoms with Crippen molar-refractivity contribution in [2.75, 3.05) is 19.8 Å². The first-order valence-corrected chi connectivity index (χ1v) is 7.87. The van der Waals surface area contributed by atoms with Crippen LogP contribution < -0.4 is 5.43 Å². The average Bonchev–Trinajstić information content (AvgIpc) is 3.11. The van der Waals surface area contributed by atoms with Crippen LogP contribution in [0.1, 0.15) is 20.8 Å². The van der Waals surface area contributed by atoms with Gasteiger partial charge in [-0.05, 0) is 32.9 Å². The molecule has 0 unspecified atom stereocenters. The Bertz CT molecular complexity index is 651. The van der Waals surface area contributed by atoms with Crippen molar-refractivity contribution in [1.82, 2.24) is 10.4 Å². The molecular formula is C17H21N3O4. The number of esters is 2. The molecule has 1 aliphatic heterocycles. The summed E-state index contributed by atoms with van der Waals surface area (Å²) in [5.41, 5.74) is 4.65. The third-order valence-corrected chi connectivity index (χ3v) is 3.23. The van der Waals surface area contributed by atoms with Crippen LogP contribution in [0.25, 0.3) is 0 Å². The van der Waals surface area contributed by atoms with Gasteiger partial charge in [0.05, 0.1) is 18.9 Å². The van der Waals surface area contributed by atoms with E-state index in [0.29, 0.717) is 12.4 Å². The molecule has 24 heavy (non-hydrogen) atoms. The first-order chi connectivity index (χ1) is 11.6. The van der Waals surface area contributed by atoms with Gasteiger partial charge in [-0.1, -0.05) is 12.2 Å². The minimum Gasteiger partial charge on any atom is -0.462 e. The fourth-order valence-electron chi connectivity index (χ4n) is 2.24. The van der Waals surface area contributed by atoms with E-state index in [-0.39, 0.29) is 18.8 Å². The van der Waals surface area contributed by atoms with Crippen LogP contribution >= 0.6 is 0 Å². The third kappa shape index (κ3) is 3.73. The molecule has 0 radical (unpaired) electrons. The Morgan fingerprint density at radius 2 is 1.88 bits per heavy atom. The lowest BCUT2D eigenvalue weighted by molar-refractivity contribution is -0.146.